The van der Waals surface area contributed by atoms with Crippen LogP contribution in [0, 0.1) is 0 Å². The van der Waals surface area contributed by atoms with Crippen molar-refractivity contribution in [2.75, 3.05) is 11.9 Å². The predicted molar refractivity (Wildman–Crippen MR) is 71.1 cm³/mol. The highest BCUT2D eigenvalue weighted by molar-refractivity contribution is 7.58. The number of hydrogen-bond donors (Lipinski definition) is 2. The van der Waals surface area contributed by atoms with Crippen molar-refractivity contribution in [2.45, 2.75) is 6.18 Å². The van der Waals surface area contributed by atoms with Crippen molar-refractivity contribution >= 4 is 57.6 Å². The van der Waals surface area contributed by atoms with Gasteiger partial charge in [-0.05, 0) is 6.07 Å². The van der Waals surface area contributed by atoms with E-state index in [-0.39, 0.29) is 21.4 Å². The first-order valence-corrected chi connectivity index (χ1v) is 6.48. The molecule has 1 aliphatic heterocycles. The van der Waals surface area contributed by atoms with E-state index in [0.29, 0.717) is 5.69 Å². The molecule has 1 heterocycles. The number of halogens is 5. The van der Waals surface area contributed by atoms with E-state index >= 15 is 0 Å². The van der Waals surface area contributed by atoms with Crippen molar-refractivity contribution in [1.82, 2.24) is 5.32 Å². The maximum absolute atomic E-state index is 12.0. The Bertz CT molecular complexity index is 643. The summed E-state index contributed by atoms with van der Waals surface area (Å²) in [6, 6.07) is 0.271. The third kappa shape index (κ3) is 3.41. The molecule has 1 aliphatic rings. The van der Waals surface area contributed by atoms with Crippen LogP contribution >= 0.6 is 23.2 Å². The molecule has 0 aliphatic carbocycles. The minimum Gasteiger partial charge on any atom is -0.329 e. The van der Waals surface area contributed by atoms with Gasteiger partial charge in [0.2, 0.25) is 0 Å². The number of anilines is 1. The van der Waals surface area contributed by atoms with E-state index < -0.39 is 18.8 Å². The number of fused-ring (bicyclic) bond motifs is 1. The Hall–Kier alpha value is -1.32. The lowest BCUT2D eigenvalue weighted by Gasteiger charge is -2.12. The maximum atomic E-state index is 12.0. The van der Waals surface area contributed by atoms with Crippen molar-refractivity contribution in [3.63, 3.8) is 0 Å². The number of nitrogens with one attached hydrogen (secondary N) is 2. The molecule has 0 spiro atoms. The van der Waals surface area contributed by atoms with E-state index in [4.69, 9.17) is 23.2 Å². The van der Waals surface area contributed by atoms with Gasteiger partial charge in [-0.15, -0.1) is 0 Å². The van der Waals surface area contributed by atoms with E-state index in [1.807, 2.05) is 0 Å². The molecule has 0 aromatic heterocycles. The lowest BCUT2D eigenvalue weighted by atomic mass is 10.2. The van der Waals surface area contributed by atoms with Crippen LogP contribution < -0.4 is 10.6 Å². The first kappa shape index (κ1) is 15.1. The molecule has 0 bridgehead atoms. The predicted octanol–water partition coefficient (Wildman–Crippen LogP) is 4.40. The molecule has 0 fully saturated rings. The van der Waals surface area contributed by atoms with Gasteiger partial charge in [0.1, 0.15) is 17.9 Å². The van der Waals surface area contributed by atoms with Crippen molar-refractivity contribution in [1.29, 1.82) is 0 Å². The second kappa shape index (κ2) is 5.58. The monoisotopic (exact) mass is 344 g/mol. The molecule has 1 aromatic carbocycles. The Kier molecular flexibility index (Phi) is 4.21. The summed E-state index contributed by atoms with van der Waals surface area (Å²) < 4.78 is 43.8. The van der Waals surface area contributed by atoms with E-state index in [0.717, 1.165) is 11.4 Å². The molecule has 1 aromatic rings. The van der Waals surface area contributed by atoms with Crippen molar-refractivity contribution in [3.8, 4) is 0 Å². The van der Waals surface area contributed by atoms with Gasteiger partial charge in [0.25, 0.3) is 0 Å². The number of carbonyl (C=O) groups is 1. The van der Waals surface area contributed by atoms with Gasteiger partial charge in [-0.3, -0.25) is 0 Å². The molecule has 0 saturated heterocycles. The Labute approximate surface area is 124 Å². The van der Waals surface area contributed by atoms with Crippen LogP contribution in [0.3, 0.4) is 0 Å². The summed E-state index contributed by atoms with van der Waals surface area (Å²) in [5.41, 5.74) is 0.585. The van der Waals surface area contributed by atoms with Crippen LogP contribution in [0.25, 0.3) is 0 Å². The minimum absolute atomic E-state index is 0.0531. The molecule has 2 rings (SSSR count). The highest BCUT2D eigenvalue weighted by atomic mass is 35.5. The fraction of sp³-hybridized carbons (Fsp3) is 0.222. The summed E-state index contributed by atoms with van der Waals surface area (Å²) in [5.74, 6) is 0. The smallest absolute Gasteiger partial charge is 0.329 e. The first-order chi connectivity index (χ1) is 9.28. The number of carbonyl (C=O) groups excluding carboxylic acids is 1. The summed E-state index contributed by atoms with van der Waals surface area (Å²) in [6.45, 7) is -1.46. The largest absolute Gasteiger partial charge is 0.405 e. The molecule has 2 N–H and O–H groups in total. The quantitative estimate of drug-likeness (QED) is 0.832. The molecule has 5 nitrogen and oxygen atoms in total. The van der Waals surface area contributed by atoms with Gasteiger partial charge in [0.05, 0.1) is 27.1 Å². The van der Waals surface area contributed by atoms with Crippen LogP contribution in [0.1, 0.15) is 0 Å². The van der Waals surface area contributed by atoms with Crippen LogP contribution in [-0.4, -0.2) is 18.8 Å². The molecule has 0 atom stereocenters. The highest BCUT2D eigenvalue weighted by Gasteiger charge is 2.28. The molecule has 0 saturated carbocycles. The second-order valence-corrected chi connectivity index (χ2v) is 4.94. The third-order valence-corrected chi connectivity index (χ3v) is 3.25. The van der Waals surface area contributed by atoms with Crippen molar-refractivity contribution in [2.24, 2.45) is 8.73 Å². The summed E-state index contributed by atoms with van der Waals surface area (Å²) in [7, 11) is 0. The Morgan fingerprint density at radius 3 is 2.55 bits per heavy atom. The zero-order chi connectivity index (χ0) is 14.9. The second-order valence-electron chi connectivity index (χ2n) is 3.60. The molecule has 20 heavy (non-hydrogen) atoms. The van der Waals surface area contributed by atoms with Crippen molar-refractivity contribution in [3.05, 3.63) is 16.1 Å². The van der Waals surface area contributed by atoms with Gasteiger partial charge < -0.3 is 10.6 Å². The highest BCUT2D eigenvalue weighted by Crippen LogP contribution is 2.47. The fourth-order valence-corrected chi connectivity index (χ4v) is 2.49. The number of amides is 2. The molecular weight excluding hydrogens is 340 g/mol. The van der Waals surface area contributed by atoms with Gasteiger partial charge in [-0.2, -0.15) is 21.9 Å². The summed E-state index contributed by atoms with van der Waals surface area (Å²) in [5, 5.41) is 4.15. The van der Waals surface area contributed by atoms with Gasteiger partial charge in [-0.25, -0.2) is 4.79 Å². The zero-order valence-electron chi connectivity index (χ0n) is 9.39. The minimum atomic E-state index is -4.50. The van der Waals surface area contributed by atoms with Crippen LogP contribution in [0.15, 0.2) is 14.8 Å². The van der Waals surface area contributed by atoms with E-state index in [1.54, 1.807) is 5.32 Å². The van der Waals surface area contributed by atoms with Crippen LogP contribution in [0.5, 0.6) is 0 Å². The Balaban J connectivity index is 2.17. The topological polar surface area (TPSA) is 65.8 Å². The molecular formula is C9H5Cl2F3N4OS. The van der Waals surface area contributed by atoms with Gasteiger partial charge in [-0.1, -0.05) is 23.2 Å². The molecule has 0 unspecified atom stereocenters. The Morgan fingerprint density at radius 1 is 1.25 bits per heavy atom. The Morgan fingerprint density at radius 2 is 1.90 bits per heavy atom. The fourth-order valence-electron chi connectivity index (χ4n) is 1.33. The van der Waals surface area contributed by atoms with Gasteiger partial charge in [0, 0.05) is 0 Å². The average molecular weight is 345 g/mol. The van der Waals surface area contributed by atoms with Crippen LogP contribution in [0.4, 0.5) is 35.0 Å². The number of nitrogens with zero attached hydrogens (tertiary/aromatic N) is 2. The van der Waals surface area contributed by atoms with Gasteiger partial charge >= 0.3 is 12.2 Å². The number of urea groups is 1. The number of rotatable bonds is 2. The summed E-state index contributed by atoms with van der Waals surface area (Å²) >= 11 is 12.6. The van der Waals surface area contributed by atoms with E-state index in [2.05, 4.69) is 14.0 Å². The van der Waals surface area contributed by atoms with Gasteiger partial charge in [0.15, 0.2) is 0 Å². The lowest BCUT2D eigenvalue weighted by molar-refractivity contribution is -0.122. The maximum Gasteiger partial charge on any atom is 0.405 e. The zero-order valence-corrected chi connectivity index (χ0v) is 11.7. The molecule has 11 heteroatoms. The summed E-state index contributed by atoms with van der Waals surface area (Å²) in [6.07, 6.45) is -4.50. The van der Waals surface area contributed by atoms with Crippen molar-refractivity contribution < 1.29 is 18.0 Å². The van der Waals surface area contributed by atoms with E-state index in [9.17, 15) is 18.0 Å². The lowest BCUT2D eigenvalue weighted by Crippen LogP contribution is -2.36. The van der Waals surface area contributed by atoms with E-state index in [1.165, 1.54) is 6.07 Å². The third-order valence-electron chi connectivity index (χ3n) is 2.13. The molecule has 108 valence electrons. The summed E-state index contributed by atoms with van der Waals surface area (Å²) in [4.78, 5) is 11.4. The number of hydrogen-bond acceptors (Lipinski definition) is 3. The average Bonchev–Trinajstić information content (AvgIpc) is 2.80. The standard InChI is InChI=1S/C9H5Cl2F3N4OS/c10-3-1-4(11)6-7(18-20-17-6)5(3)16-8(19)15-2-9(12,13)14/h1H,2H2,(H2,15,16,19). The SMILES string of the molecule is O=C(NCC(F)(F)F)Nc1c(Cl)cc(Cl)c2c1N=S=N2. The first-order valence-electron chi connectivity index (χ1n) is 5.00. The molecule has 0 radical (unpaired) electrons. The van der Waals surface area contributed by atoms with Crippen LogP contribution in [0.2, 0.25) is 10.0 Å². The normalized spacial score (nSPS) is 12.8. The number of alkyl halides is 3. The number of benzene rings is 1. The molecule has 2 amide bonds. The van der Waals surface area contributed by atoms with Crippen LogP contribution in [-0.2, 0) is 11.4 Å².